The Bertz CT molecular complexity index is 1090. The molecule has 0 fully saturated rings. The fraction of sp³-hybridized carbons (Fsp3) is 0.346. The highest BCUT2D eigenvalue weighted by Crippen LogP contribution is 2.26. The van der Waals surface area contributed by atoms with Crippen molar-refractivity contribution in [2.45, 2.75) is 46.6 Å². The number of hydrogen-bond donors (Lipinski definition) is 1. The van der Waals surface area contributed by atoms with Crippen molar-refractivity contribution in [1.82, 2.24) is 9.55 Å². The number of oxime groups is 1. The Labute approximate surface area is 194 Å². The fourth-order valence-corrected chi connectivity index (χ4v) is 3.62. The molecule has 0 spiro atoms. The van der Waals surface area contributed by atoms with Crippen LogP contribution in [0.4, 0.5) is 0 Å². The van der Waals surface area contributed by atoms with Crippen LogP contribution in [0.1, 0.15) is 60.9 Å². The van der Waals surface area contributed by atoms with E-state index >= 15 is 0 Å². The van der Waals surface area contributed by atoms with Crippen molar-refractivity contribution in [3.05, 3.63) is 71.0 Å². The Kier molecular flexibility index (Phi) is 8.63. The van der Waals surface area contributed by atoms with Gasteiger partial charge >= 0.3 is 5.97 Å². The summed E-state index contributed by atoms with van der Waals surface area (Å²) in [5.74, 6) is -0.303. The van der Waals surface area contributed by atoms with Gasteiger partial charge < -0.3 is 14.7 Å². The van der Waals surface area contributed by atoms with E-state index in [9.17, 15) is 4.79 Å². The Morgan fingerprint density at radius 1 is 1.12 bits per heavy atom. The molecule has 0 aliphatic heterocycles. The Morgan fingerprint density at radius 3 is 2.55 bits per heavy atom. The molecule has 1 N–H and O–H groups in total. The fourth-order valence-electron chi connectivity index (χ4n) is 3.62. The molecule has 7 heteroatoms. The van der Waals surface area contributed by atoms with Crippen LogP contribution in [0, 0.1) is 0 Å². The van der Waals surface area contributed by atoms with Crippen molar-refractivity contribution in [1.29, 1.82) is 0 Å². The largest absolute Gasteiger partial charge is 0.465 e. The molecule has 7 nitrogen and oxygen atoms in total. The number of benzene rings is 2. The number of carbonyl (C=O) groups is 1. The molecule has 3 rings (SSSR count). The SMILES string of the molecule is CCCCOC(=O)c1ccccc1-c1ccc(Cn2c(OCC)nc(CC)c2C=NO)cc1. The summed E-state index contributed by atoms with van der Waals surface area (Å²) in [5, 5.41) is 12.3. The molecule has 0 amide bonds. The van der Waals surface area contributed by atoms with Crippen molar-refractivity contribution in [2.24, 2.45) is 5.16 Å². The molecule has 0 radical (unpaired) electrons. The molecular formula is C26H31N3O4. The van der Waals surface area contributed by atoms with Crippen LogP contribution < -0.4 is 4.74 Å². The standard InChI is InChI=1S/C26H31N3O4/c1-4-7-16-33-25(30)22-11-9-8-10-21(22)20-14-12-19(13-15-20)18-29-24(17-27-31)23(5-2)28-26(29)32-6-3/h8-15,17,31H,4-7,16,18H2,1-3H3. The summed E-state index contributed by atoms with van der Waals surface area (Å²) in [6, 6.07) is 16.0. The Hall–Kier alpha value is -3.61. The maximum absolute atomic E-state index is 12.6. The van der Waals surface area contributed by atoms with Gasteiger partial charge in [-0.05, 0) is 42.5 Å². The molecule has 0 unspecified atom stereocenters. The van der Waals surface area contributed by atoms with Crippen LogP contribution in [0.15, 0.2) is 53.7 Å². The lowest BCUT2D eigenvalue weighted by atomic mass is 9.98. The van der Waals surface area contributed by atoms with Gasteiger partial charge in [-0.1, -0.05) is 67.9 Å². The molecule has 2 aromatic carbocycles. The average Bonchev–Trinajstić information content (AvgIpc) is 3.16. The van der Waals surface area contributed by atoms with E-state index in [2.05, 4.69) is 17.1 Å². The molecule has 0 aliphatic carbocycles. The zero-order valence-electron chi connectivity index (χ0n) is 19.5. The van der Waals surface area contributed by atoms with E-state index in [0.29, 0.717) is 43.4 Å². The third kappa shape index (κ3) is 5.80. The number of aromatic nitrogens is 2. The molecule has 33 heavy (non-hydrogen) atoms. The molecule has 0 saturated carbocycles. The molecule has 0 bridgehead atoms. The van der Waals surface area contributed by atoms with E-state index in [0.717, 1.165) is 35.2 Å². The second-order valence-corrected chi connectivity index (χ2v) is 7.58. The van der Waals surface area contributed by atoms with Crippen molar-refractivity contribution >= 4 is 12.2 Å². The first-order chi connectivity index (χ1) is 16.1. The summed E-state index contributed by atoms with van der Waals surface area (Å²) in [6.45, 7) is 7.38. The number of rotatable bonds is 11. The molecule has 1 aromatic heterocycles. The first-order valence-corrected chi connectivity index (χ1v) is 11.4. The zero-order valence-corrected chi connectivity index (χ0v) is 19.5. The lowest BCUT2D eigenvalue weighted by Gasteiger charge is -2.12. The molecular weight excluding hydrogens is 418 g/mol. The molecule has 0 aliphatic rings. The van der Waals surface area contributed by atoms with Gasteiger partial charge in [0.25, 0.3) is 6.01 Å². The van der Waals surface area contributed by atoms with Gasteiger partial charge in [0.15, 0.2) is 0 Å². The van der Waals surface area contributed by atoms with E-state index in [1.54, 1.807) is 6.07 Å². The molecule has 0 saturated heterocycles. The van der Waals surface area contributed by atoms with Crippen LogP contribution in [0.25, 0.3) is 11.1 Å². The van der Waals surface area contributed by atoms with Crippen LogP contribution >= 0.6 is 0 Å². The Balaban J connectivity index is 1.87. The van der Waals surface area contributed by atoms with Gasteiger partial charge in [0, 0.05) is 0 Å². The predicted molar refractivity (Wildman–Crippen MR) is 128 cm³/mol. The summed E-state index contributed by atoms with van der Waals surface area (Å²) >= 11 is 0. The van der Waals surface area contributed by atoms with Crippen molar-refractivity contribution in [3.8, 4) is 17.1 Å². The summed E-state index contributed by atoms with van der Waals surface area (Å²) in [7, 11) is 0. The molecule has 174 valence electrons. The van der Waals surface area contributed by atoms with Gasteiger partial charge in [-0.25, -0.2) is 4.79 Å². The third-order valence-electron chi connectivity index (χ3n) is 5.32. The minimum absolute atomic E-state index is 0.303. The van der Waals surface area contributed by atoms with Gasteiger partial charge in [-0.2, -0.15) is 4.98 Å². The van der Waals surface area contributed by atoms with Gasteiger partial charge in [0.05, 0.1) is 42.9 Å². The molecule has 0 atom stereocenters. The lowest BCUT2D eigenvalue weighted by Crippen LogP contribution is -2.09. The van der Waals surface area contributed by atoms with Crippen LogP contribution in [-0.2, 0) is 17.7 Å². The van der Waals surface area contributed by atoms with E-state index in [1.165, 1.54) is 6.21 Å². The lowest BCUT2D eigenvalue weighted by molar-refractivity contribution is 0.0500. The first kappa shape index (κ1) is 24.0. The highest BCUT2D eigenvalue weighted by molar-refractivity contribution is 5.97. The minimum Gasteiger partial charge on any atom is -0.465 e. The maximum Gasteiger partial charge on any atom is 0.338 e. The molecule has 3 aromatic rings. The highest BCUT2D eigenvalue weighted by atomic mass is 16.5. The topological polar surface area (TPSA) is 85.9 Å². The van der Waals surface area contributed by atoms with E-state index in [4.69, 9.17) is 14.7 Å². The monoisotopic (exact) mass is 449 g/mol. The number of unbranched alkanes of at least 4 members (excludes halogenated alkanes) is 1. The van der Waals surface area contributed by atoms with Crippen LogP contribution in [0.5, 0.6) is 6.01 Å². The quantitative estimate of drug-likeness (QED) is 0.141. The third-order valence-corrected chi connectivity index (χ3v) is 5.32. The summed E-state index contributed by atoms with van der Waals surface area (Å²) in [5.41, 5.74) is 4.88. The average molecular weight is 450 g/mol. The first-order valence-electron chi connectivity index (χ1n) is 11.4. The number of ether oxygens (including phenoxy) is 2. The van der Waals surface area contributed by atoms with Gasteiger partial charge in [-0.3, -0.25) is 4.57 Å². The van der Waals surface area contributed by atoms with Crippen molar-refractivity contribution < 1.29 is 19.5 Å². The predicted octanol–water partition coefficient (Wildman–Crippen LogP) is 5.32. The number of nitrogens with zero attached hydrogens (tertiary/aromatic N) is 3. The number of imidazole rings is 1. The second kappa shape index (κ2) is 11.9. The van der Waals surface area contributed by atoms with Crippen molar-refractivity contribution in [3.63, 3.8) is 0 Å². The second-order valence-electron chi connectivity index (χ2n) is 7.58. The number of hydrogen-bond acceptors (Lipinski definition) is 6. The van der Waals surface area contributed by atoms with Crippen molar-refractivity contribution in [2.75, 3.05) is 13.2 Å². The summed E-state index contributed by atoms with van der Waals surface area (Å²) in [4.78, 5) is 17.1. The number of aryl methyl sites for hydroxylation is 1. The number of esters is 1. The van der Waals surface area contributed by atoms with Gasteiger partial charge in [0.1, 0.15) is 0 Å². The smallest absolute Gasteiger partial charge is 0.338 e. The molecule has 1 heterocycles. The van der Waals surface area contributed by atoms with E-state index in [1.807, 2.05) is 60.9 Å². The summed E-state index contributed by atoms with van der Waals surface area (Å²) in [6.07, 6.45) is 3.91. The van der Waals surface area contributed by atoms with E-state index in [-0.39, 0.29) is 5.97 Å². The van der Waals surface area contributed by atoms with E-state index < -0.39 is 0 Å². The summed E-state index contributed by atoms with van der Waals surface area (Å²) < 4.78 is 13.0. The van der Waals surface area contributed by atoms with Crippen LogP contribution in [0.3, 0.4) is 0 Å². The minimum atomic E-state index is -0.303. The maximum atomic E-state index is 12.6. The van der Waals surface area contributed by atoms with Crippen LogP contribution in [0.2, 0.25) is 0 Å². The zero-order chi connectivity index (χ0) is 23.6. The van der Waals surface area contributed by atoms with Crippen LogP contribution in [-0.4, -0.2) is 40.2 Å². The number of carbonyl (C=O) groups excluding carboxylic acids is 1. The van der Waals surface area contributed by atoms with Gasteiger partial charge in [0.2, 0.25) is 0 Å². The Morgan fingerprint density at radius 2 is 1.88 bits per heavy atom. The van der Waals surface area contributed by atoms with Gasteiger partial charge in [-0.15, -0.1) is 0 Å². The highest BCUT2D eigenvalue weighted by Gasteiger charge is 2.17. The normalized spacial score (nSPS) is 11.1.